The lowest BCUT2D eigenvalue weighted by Crippen LogP contribution is -2.35. The first-order valence-corrected chi connectivity index (χ1v) is 6.35. The normalized spacial score (nSPS) is 10.4. The smallest absolute Gasteiger partial charge is 0.0147 e. The Hall–Kier alpha value is -1.31. The lowest BCUT2D eigenvalue weighted by atomic mass is 9.72. The third kappa shape index (κ3) is 4.09. The number of nitrogens with two attached hydrogens (primary N) is 1. The van der Waals surface area contributed by atoms with E-state index in [9.17, 15) is 0 Å². The zero-order chi connectivity index (χ0) is 13.4. The Morgan fingerprint density at radius 2 is 1.58 bits per heavy atom. The minimum absolute atomic E-state index is 0. The number of allylic oxidation sites excluding steroid dienone is 3. The van der Waals surface area contributed by atoms with Crippen LogP contribution < -0.4 is 5.73 Å². The van der Waals surface area contributed by atoms with Crippen LogP contribution in [0.5, 0.6) is 0 Å². The van der Waals surface area contributed by atoms with Gasteiger partial charge in [0.15, 0.2) is 0 Å². The van der Waals surface area contributed by atoms with Crippen molar-refractivity contribution in [1.29, 1.82) is 0 Å². The van der Waals surface area contributed by atoms with Gasteiger partial charge in [-0.1, -0.05) is 42.5 Å². The van der Waals surface area contributed by atoms with Crippen LogP contribution in [-0.4, -0.2) is 6.54 Å². The van der Waals surface area contributed by atoms with Gasteiger partial charge in [-0.15, -0.1) is 32.1 Å². The van der Waals surface area contributed by atoms with E-state index in [1.54, 1.807) is 0 Å². The number of halogens is 1. The van der Waals surface area contributed by atoms with E-state index in [2.05, 4.69) is 44.0 Å². The second-order valence-corrected chi connectivity index (χ2v) is 4.62. The topological polar surface area (TPSA) is 26.0 Å². The minimum Gasteiger partial charge on any atom is -0.330 e. The predicted octanol–water partition coefficient (Wildman–Crippen LogP) is 4.19. The SMILES string of the molecule is C=CCc1ccccc1C(CN)(CC=C)CC=C.Cl. The zero-order valence-electron chi connectivity index (χ0n) is 11.5. The highest BCUT2D eigenvalue weighted by atomic mass is 35.5. The summed E-state index contributed by atoms with van der Waals surface area (Å²) in [5.41, 5.74) is 8.57. The van der Waals surface area contributed by atoms with Crippen LogP contribution >= 0.6 is 12.4 Å². The van der Waals surface area contributed by atoms with Crippen LogP contribution in [-0.2, 0) is 11.8 Å². The molecule has 0 saturated carbocycles. The molecule has 0 aliphatic heterocycles. The third-order valence-corrected chi connectivity index (χ3v) is 3.41. The molecule has 0 aromatic heterocycles. The molecule has 2 heteroatoms. The summed E-state index contributed by atoms with van der Waals surface area (Å²) in [5.74, 6) is 0. The van der Waals surface area contributed by atoms with Crippen LogP contribution in [0.1, 0.15) is 24.0 Å². The molecule has 0 saturated heterocycles. The van der Waals surface area contributed by atoms with E-state index in [0.717, 1.165) is 19.3 Å². The molecule has 0 bridgehead atoms. The average Bonchev–Trinajstić information content (AvgIpc) is 2.39. The van der Waals surface area contributed by atoms with E-state index in [1.165, 1.54) is 11.1 Å². The van der Waals surface area contributed by atoms with Crippen LogP contribution in [0.2, 0.25) is 0 Å². The molecule has 1 rings (SSSR count). The number of hydrogen-bond acceptors (Lipinski definition) is 1. The van der Waals surface area contributed by atoms with Gasteiger partial charge in [0.05, 0.1) is 0 Å². The molecule has 0 atom stereocenters. The van der Waals surface area contributed by atoms with E-state index in [1.807, 2.05) is 18.2 Å². The summed E-state index contributed by atoms with van der Waals surface area (Å²) in [6.07, 6.45) is 8.42. The van der Waals surface area contributed by atoms with E-state index < -0.39 is 0 Å². The molecule has 104 valence electrons. The molecule has 2 N–H and O–H groups in total. The molecule has 0 fully saturated rings. The van der Waals surface area contributed by atoms with Crippen LogP contribution in [0.25, 0.3) is 0 Å². The highest BCUT2D eigenvalue weighted by molar-refractivity contribution is 5.85. The van der Waals surface area contributed by atoms with Gasteiger partial charge in [0.25, 0.3) is 0 Å². The molecule has 1 aromatic carbocycles. The third-order valence-electron chi connectivity index (χ3n) is 3.41. The standard InChI is InChI=1S/C17H23N.ClH/c1-4-9-15-10-7-8-11-16(15)17(14-18,12-5-2)13-6-3;/h4-8,10-11H,1-3,9,12-14,18H2;1H. The maximum atomic E-state index is 6.06. The summed E-state index contributed by atoms with van der Waals surface area (Å²) in [5, 5.41) is 0. The molecule has 0 aliphatic rings. The molecule has 0 unspecified atom stereocenters. The molecule has 19 heavy (non-hydrogen) atoms. The zero-order valence-corrected chi connectivity index (χ0v) is 12.3. The molecule has 0 radical (unpaired) electrons. The molecule has 0 aliphatic carbocycles. The first-order chi connectivity index (χ1) is 8.74. The maximum absolute atomic E-state index is 6.06. The Morgan fingerprint density at radius 3 is 2.05 bits per heavy atom. The van der Waals surface area contributed by atoms with Crippen LogP contribution in [0.4, 0.5) is 0 Å². The quantitative estimate of drug-likeness (QED) is 0.709. The number of benzene rings is 1. The van der Waals surface area contributed by atoms with Gasteiger partial charge in [-0.05, 0) is 30.4 Å². The molecule has 0 spiro atoms. The molecule has 1 aromatic rings. The minimum atomic E-state index is -0.0803. The number of rotatable bonds is 8. The second kappa shape index (κ2) is 8.73. The van der Waals surface area contributed by atoms with Crippen molar-refractivity contribution < 1.29 is 0 Å². The van der Waals surface area contributed by atoms with E-state index >= 15 is 0 Å². The highest BCUT2D eigenvalue weighted by Gasteiger charge is 2.29. The average molecular weight is 278 g/mol. The summed E-state index contributed by atoms with van der Waals surface area (Å²) in [4.78, 5) is 0. The van der Waals surface area contributed by atoms with Gasteiger partial charge in [-0.2, -0.15) is 0 Å². The second-order valence-electron chi connectivity index (χ2n) is 4.62. The fraction of sp³-hybridized carbons (Fsp3) is 0.294. The molecular formula is C17H24ClN. The Labute approximate surface area is 123 Å². The van der Waals surface area contributed by atoms with Gasteiger partial charge in [-0.3, -0.25) is 0 Å². The highest BCUT2D eigenvalue weighted by Crippen LogP contribution is 2.34. The van der Waals surface area contributed by atoms with Crippen molar-refractivity contribution >= 4 is 12.4 Å². The van der Waals surface area contributed by atoms with Crippen molar-refractivity contribution in [3.63, 3.8) is 0 Å². The van der Waals surface area contributed by atoms with Gasteiger partial charge < -0.3 is 5.73 Å². The molecule has 1 nitrogen and oxygen atoms in total. The number of hydrogen-bond donors (Lipinski definition) is 1. The van der Waals surface area contributed by atoms with Crippen LogP contribution in [0.3, 0.4) is 0 Å². The first-order valence-electron chi connectivity index (χ1n) is 6.35. The van der Waals surface area contributed by atoms with Gasteiger partial charge in [0, 0.05) is 12.0 Å². The van der Waals surface area contributed by atoms with Crippen LogP contribution in [0, 0.1) is 0 Å². The Morgan fingerprint density at radius 1 is 1.00 bits per heavy atom. The molecule has 0 heterocycles. The molecular weight excluding hydrogens is 254 g/mol. The van der Waals surface area contributed by atoms with E-state index in [-0.39, 0.29) is 17.8 Å². The maximum Gasteiger partial charge on any atom is 0.0147 e. The lowest BCUT2D eigenvalue weighted by Gasteiger charge is -2.33. The summed E-state index contributed by atoms with van der Waals surface area (Å²) < 4.78 is 0. The largest absolute Gasteiger partial charge is 0.330 e. The predicted molar refractivity (Wildman–Crippen MR) is 88.0 cm³/mol. The van der Waals surface area contributed by atoms with Gasteiger partial charge >= 0.3 is 0 Å². The van der Waals surface area contributed by atoms with E-state index in [0.29, 0.717) is 6.54 Å². The van der Waals surface area contributed by atoms with Gasteiger partial charge in [0.1, 0.15) is 0 Å². The van der Waals surface area contributed by atoms with Crippen molar-refractivity contribution in [3.8, 4) is 0 Å². The Bertz CT molecular complexity index is 413. The van der Waals surface area contributed by atoms with Crippen molar-refractivity contribution in [1.82, 2.24) is 0 Å². The Kier molecular flexibility index (Phi) is 8.13. The van der Waals surface area contributed by atoms with E-state index in [4.69, 9.17) is 5.73 Å². The summed E-state index contributed by atoms with van der Waals surface area (Å²) >= 11 is 0. The first kappa shape index (κ1) is 17.7. The van der Waals surface area contributed by atoms with Crippen LogP contribution in [0.15, 0.2) is 62.2 Å². The van der Waals surface area contributed by atoms with Crippen molar-refractivity contribution in [2.24, 2.45) is 5.73 Å². The van der Waals surface area contributed by atoms with Gasteiger partial charge in [0.2, 0.25) is 0 Å². The lowest BCUT2D eigenvalue weighted by molar-refractivity contribution is 0.445. The fourth-order valence-electron chi connectivity index (χ4n) is 2.50. The summed E-state index contributed by atoms with van der Waals surface area (Å²) in [7, 11) is 0. The van der Waals surface area contributed by atoms with Crippen molar-refractivity contribution in [2.45, 2.75) is 24.7 Å². The van der Waals surface area contributed by atoms with Crippen molar-refractivity contribution in [3.05, 3.63) is 73.4 Å². The monoisotopic (exact) mass is 277 g/mol. The molecule has 0 amide bonds. The van der Waals surface area contributed by atoms with Gasteiger partial charge in [-0.25, -0.2) is 0 Å². The fourth-order valence-corrected chi connectivity index (χ4v) is 2.50. The van der Waals surface area contributed by atoms with Crippen molar-refractivity contribution in [2.75, 3.05) is 6.54 Å². The summed E-state index contributed by atoms with van der Waals surface area (Å²) in [6.45, 7) is 12.2. The Balaban J connectivity index is 0.00000324. The summed E-state index contributed by atoms with van der Waals surface area (Å²) in [6, 6.07) is 8.44.